The van der Waals surface area contributed by atoms with Crippen molar-refractivity contribution in [3.8, 4) is 22.6 Å². The number of para-hydroxylation sites is 2. The largest absolute Gasteiger partial charge is 0.337 e. The van der Waals surface area contributed by atoms with Gasteiger partial charge in [0.25, 0.3) is 5.91 Å². The fourth-order valence-electron chi connectivity index (χ4n) is 4.20. The molecule has 0 aliphatic heterocycles. The molecule has 5 rings (SSSR count). The van der Waals surface area contributed by atoms with E-state index in [0.717, 1.165) is 33.9 Å². The quantitative estimate of drug-likeness (QED) is 0.356. The Kier molecular flexibility index (Phi) is 5.97. The van der Waals surface area contributed by atoms with Gasteiger partial charge in [-0.25, -0.2) is 9.36 Å². The highest BCUT2D eigenvalue weighted by Crippen LogP contribution is 2.26. The molecule has 0 unspecified atom stereocenters. The van der Waals surface area contributed by atoms with Crippen molar-refractivity contribution in [2.24, 2.45) is 0 Å². The van der Waals surface area contributed by atoms with Gasteiger partial charge >= 0.3 is 0 Å². The molecule has 35 heavy (non-hydrogen) atoms. The van der Waals surface area contributed by atoms with Crippen molar-refractivity contribution in [3.63, 3.8) is 0 Å². The number of aromatic nitrogens is 5. The van der Waals surface area contributed by atoms with Crippen molar-refractivity contribution in [2.75, 3.05) is 7.05 Å². The smallest absolute Gasteiger partial charge is 0.257 e. The molecule has 5 aromatic rings. The summed E-state index contributed by atoms with van der Waals surface area (Å²) in [4.78, 5) is 19.7. The molecule has 3 heterocycles. The molecule has 0 aliphatic rings. The summed E-state index contributed by atoms with van der Waals surface area (Å²) in [5.74, 6) is -0.114. The first-order valence-corrected chi connectivity index (χ1v) is 11.4. The SMILES string of the molecule is Cc1nn(-c2ccccc2)c(C)c1CN(C)C(=O)c1cn(-c2ccccc2)nc1-c1cccnc1. The van der Waals surface area contributed by atoms with Crippen LogP contribution in [0.25, 0.3) is 22.6 Å². The lowest BCUT2D eigenvalue weighted by atomic mass is 10.1. The van der Waals surface area contributed by atoms with Crippen LogP contribution in [0.15, 0.2) is 91.4 Å². The van der Waals surface area contributed by atoms with Crippen LogP contribution >= 0.6 is 0 Å². The van der Waals surface area contributed by atoms with E-state index >= 15 is 0 Å². The average molecular weight is 463 g/mol. The normalized spacial score (nSPS) is 10.9. The first kappa shape index (κ1) is 22.3. The lowest BCUT2D eigenvalue weighted by molar-refractivity contribution is 0.0785. The van der Waals surface area contributed by atoms with Crippen LogP contribution in [-0.4, -0.2) is 42.4 Å². The minimum absolute atomic E-state index is 0.114. The van der Waals surface area contributed by atoms with Crippen LogP contribution in [0, 0.1) is 13.8 Å². The monoisotopic (exact) mass is 462 g/mol. The van der Waals surface area contributed by atoms with Gasteiger partial charge in [-0.15, -0.1) is 0 Å². The van der Waals surface area contributed by atoms with Gasteiger partial charge in [-0.3, -0.25) is 9.78 Å². The fourth-order valence-corrected chi connectivity index (χ4v) is 4.20. The second-order valence-corrected chi connectivity index (χ2v) is 8.47. The van der Waals surface area contributed by atoms with E-state index in [1.165, 1.54) is 0 Å². The first-order chi connectivity index (χ1) is 17.0. The number of hydrogen-bond donors (Lipinski definition) is 0. The summed E-state index contributed by atoms with van der Waals surface area (Å²) in [6.45, 7) is 4.45. The Hall–Kier alpha value is -4.52. The van der Waals surface area contributed by atoms with Crippen molar-refractivity contribution in [3.05, 3.63) is 114 Å². The molecule has 0 spiro atoms. The topological polar surface area (TPSA) is 68.8 Å². The predicted octanol–water partition coefficient (Wildman–Crippen LogP) is 5.01. The highest BCUT2D eigenvalue weighted by atomic mass is 16.2. The lowest BCUT2D eigenvalue weighted by Crippen LogP contribution is -2.27. The molecule has 0 radical (unpaired) electrons. The van der Waals surface area contributed by atoms with Gasteiger partial charge in [0.15, 0.2) is 0 Å². The number of benzene rings is 2. The van der Waals surface area contributed by atoms with E-state index in [-0.39, 0.29) is 5.91 Å². The Labute approximate surface area is 204 Å². The van der Waals surface area contributed by atoms with Crippen LogP contribution in [0.1, 0.15) is 27.3 Å². The van der Waals surface area contributed by atoms with Crippen LogP contribution in [-0.2, 0) is 6.54 Å². The summed E-state index contributed by atoms with van der Waals surface area (Å²) in [6, 6.07) is 23.6. The van der Waals surface area contributed by atoms with Gasteiger partial charge in [0, 0.05) is 49.0 Å². The maximum Gasteiger partial charge on any atom is 0.257 e. The van der Waals surface area contributed by atoms with Crippen LogP contribution in [0.5, 0.6) is 0 Å². The van der Waals surface area contributed by atoms with E-state index in [1.807, 2.05) is 98.4 Å². The second-order valence-electron chi connectivity index (χ2n) is 8.47. The summed E-state index contributed by atoms with van der Waals surface area (Å²) in [5, 5.41) is 9.48. The molecule has 7 heteroatoms. The van der Waals surface area contributed by atoms with Crippen molar-refractivity contribution in [2.45, 2.75) is 20.4 Å². The number of hydrogen-bond acceptors (Lipinski definition) is 4. The van der Waals surface area contributed by atoms with Crippen molar-refractivity contribution < 1.29 is 4.79 Å². The Bertz CT molecular complexity index is 1460. The minimum Gasteiger partial charge on any atom is -0.337 e. The van der Waals surface area contributed by atoms with E-state index in [0.29, 0.717) is 17.8 Å². The van der Waals surface area contributed by atoms with Gasteiger partial charge in [0.05, 0.1) is 22.6 Å². The highest BCUT2D eigenvalue weighted by molar-refractivity contribution is 5.99. The number of carbonyl (C=O) groups excluding carboxylic acids is 1. The van der Waals surface area contributed by atoms with E-state index in [9.17, 15) is 4.79 Å². The number of nitrogens with zero attached hydrogens (tertiary/aromatic N) is 6. The molecule has 0 saturated carbocycles. The molecule has 7 nitrogen and oxygen atoms in total. The summed E-state index contributed by atoms with van der Waals surface area (Å²) in [5.41, 5.74) is 6.75. The third kappa shape index (κ3) is 4.36. The van der Waals surface area contributed by atoms with E-state index in [4.69, 9.17) is 10.2 Å². The number of aryl methyl sites for hydroxylation is 1. The second kappa shape index (κ2) is 9.38. The molecule has 1 amide bonds. The molecule has 0 aliphatic carbocycles. The number of rotatable bonds is 6. The average Bonchev–Trinajstić information content (AvgIpc) is 3.47. The standard InChI is InChI=1S/C28H26N6O/c1-20-25(21(2)34(30-20)24-14-8-5-9-15-24)18-32(3)28(35)26-19-33(23-12-6-4-7-13-23)31-27(26)22-11-10-16-29-17-22/h4-17,19H,18H2,1-3H3. The van der Waals surface area contributed by atoms with Gasteiger partial charge in [-0.05, 0) is 50.2 Å². The molecule has 0 N–H and O–H groups in total. The van der Waals surface area contributed by atoms with Gasteiger partial charge < -0.3 is 4.90 Å². The molecule has 174 valence electrons. The molecule has 0 bridgehead atoms. The Morgan fingerprint density at radius 1 is 0.886 bits per heavy atom. The van der Waals surface area contributed by atoms with E-state index in [2.05, 4.69) is 4.98 Å². The third-order valence-electron chi connectivity index (χ3n) is 6.08. The molecule has 3 aromatic heterocycles. The Morgan fingerprint density at radius 3 is 2.23 bits per heavy atom. The number of amides is 1. The van der Waals surface area contributed by atoms with E-state index in [1.54, 1.807) is 28.2 Å². The molecule has 0 atom stereocenters. The fraction of sp³-hybridized carbons (Fsp3) is 0.143. The lowest BCUT2D eigenvalue weighted by Gasteiger charge is -2.17. The van der Waals surface area contributed by atoms with Crippen LogP contribution in [0.3, 0.4) is 0 Å². The maximum atomic E-state index is 13.7. The van der Waals surface area contributed by atoms with E-state index < -0.39 is 0 Å². The molecular weight excluding hydrogens is 436 g/mol. The molecule has 0 fully saturated rings. The van der Waals surface area contributed by atoms with Gasteiger partial charge in [-0.1, -0.05) is 36.4 Å². The Balaban J connectivity index is 1.49. The summed E-state index contributed by atoms with van der Waals surface area (Å²) in [6.07, 6.45) is 5.23. The zero-order valence-electron chi connectivity index (χ0n) is 20.0. The summed E-state index contributed by atoms with van der Waals surface area (Å²) >= 11 is 0. The zero-order chi connectivity index (χ0) is 24.4. The first-order valence-electron chi connectivity index (χ1n) is 11.4. The Morgan fingerprint density at radius 2 is 1.57 bits per heavy atom. The molecular formula is C28H26N6O. The minimum atomic E-state index is -0.114. The highest BCUT2D eigenvalue weighted by Gasteiger charge is 2.24. The van der Waals surface area contributed by atoms with Gasteiger partial charge in [-0.2, -0.15) is 10.2 Å². The molecule has 0 saturated heterocycles. The van der Waals surface area contributed by atoms with Crippen LogP contribution in [0.2, 0.25) is 0 Å². The van der Waals surface area contributed by atoms with Crippen molar-refractivity contribution >= 4 is 5.91 Å². The molecule has 2 aromatic carbocycles. The number of pyridine rings is 1. The van der Waals surface area contributed by atoms with Gasteiger partial charge in [0.1, 0.15) is 5.69 Å². The zero-order valence-corrected chi connectivity index (χ0v) is 20.0. The van der Waals surface area contributed by atoms with Crippen LogP contribution < -0.4 is 0 Å². The summed E-state index contributed by atoms with van der Waals surface area (Å²) < 4.78 is 3.67. The van der Waals surface area contributed by atoms with Crippen molar-refractivity contribution in [1.29, 1.82) is 0 Å². The van der Waals surface area contributed by atoms with Gasteiger partial charge in [0.2, 0.25) is 0 Å². The summed E-state index contributed by atoms with van der Waals surface area (Å²) in [7, 11) is 1.81. The van der Waals surface area contributed by atoms with Crippen LogP contribution in [0.4, 0.5) is 0 Å². The predicted molar refractivity (Wildman–Crippen MR) is 136 cm³/mol. The maximum absolute atomic E-state index is 13.7. The van der Waals surface area contributed by atoms with Crippen molar-refractivity contribution in [1.82, 2.24) is 29.4 Å². The number of carbonyl (C=O) groups is 1. The third-order valence-corrected chi connectivity index (χ3v) is 6.08.